The van der Waals surface area contributed by atoms with Crippen LogP contribution in [0, 0.1) is 0 Å². The average molecular weight is 566 g/mol. The summed E-state index contributed by atoms with van der Waals surface area (Å²) in [7, 11) is 0. The first-order valence-electron chi connectivity index (χ1n) is 13.9. The molecular formula is C34H35N3O3S. The molecule has 0 spiro atoms. The topological polar surface area (TPSA) is 71.0 Å². The monoisotopic (exact) mass is 565 g/mol. The van der Waals surface area contributed by atoms with Crippen LogP contribution in [-0.2, 0) is 20.9 Å². The summed E-state index contributed by atoms with van der Waals surface area (Å²) in [6, 6.07) is 27.3. The Kier molecular flexibility index (Phi) is 8.74. The van der Waals surface area contributed by atoms with Crippen LogP contribution in [-0.4, -0.2) is 21.9 Å². The third-order valence-electron chi connectivity index (χ3n) is 7.37. The summed E-state index contributed by atoms with van der Waals surface area (Å²) >= 11 is 1.47. The minimum absolute atomic E-state index is 0.0946. The Bertz CT molecular complexity index is 1500. The van der Waals surface area contributed by atoms with Crippen LogP contribution in [0.5, 0.6) is 0 Å². The standard InChI is InChI=1S/C34H35N3O3S/c1-22(2)26-15-17-28(18-16-26)32-31(33(39)40-20-25-11-7-5-8-12-25)24(4)36-34-37(32)29(21-41-34)19-30(38)35-23(3)27-13-9-6-10-14-27/h5-18,21-23,32H,19-20H2,1-4H3,(H,35,38). The van der Waals surface area contributed by atoms with Gasteiger partial charge in [-0.25, -0.2) is 9.79 Å². The van der Waals surface area contributed by atoms with E-state index in [1.54, 1.807) is 0 Å². The minimum atomic E-state index is -0.465. The van der Waals surface area contributed by atoms with Gasteiger partial charge in [-0.2, -0.15) is 0 Å². The van der Waals surface area contributed by atoms with Crippen molar-refractivity contribution >= 4 is 28.8 Å². The molecule has 6 nitrogen and oxygen atoms in total. The van der Waals surface area contributed by atoms with Gasteiger partial charge in [-0.05, 0) is 47.4 Å². The molecule has 2 heterocycles. The zero-order valence-electron chi connectivity index (χ0n) is 23.8. The number of thioether (sulfide) groups is 1. The van der Waals surface area contributed by atoms with E-state index in [9.17, 15) is 9.59 Å². The summed E-state index contributed by atoms with van der Waals surface area (Å²) < 4.78 is 5.82. The molecule has 0 bridgehead atoms. The quantitative estimate of drug-likeness (QED) is 0.274. The van der Waals surface area contributed by atoms with Crippen molar-refractivity contribution in [2.75, 3.05) is 0 Å². The molecular weight excluding hydrogens is 530 g/mol. The van der Waals surface area contributed by atoms with Crippen LogP contribution in [0.3, 0.4) is 0 Å². The number of aliphatic imine (C=N–C) groups is 1. The number of esters is 1. The van der Waals surface area contributed by atoms with Crippen molar-refractivity contribution in [1.82, 2.24) is 10.2 Å². The summed E-state index contributed by atoms with van der Waals surface area (Å²) in [6.07, 6.45) is 0.162. The maximum absolute atomic E-state index is 13.7. The average Bonchev–Trinajstić information content (AvgIpc) is 3.37. The molecule has 1 amide bonds. The Morgan fingerprint density at radius 3 is 2.24 bits per heavy atom. The number of amides is 1. The fraction of sp³-hybridized carbons (Fsp3) is 0.265. The first-order valence-corrected chi connectivity index (χ1v) is 14.8. The third kappa shape index (κ3) is 6.46. The molecule has 0 saturated heterocycles. The fourth-order valence-electron chi connectivity index (χ4n) is 5.09. The molecule has 3 aromatic carbocycles. The van der Waals surface area contributed by atoms with Gasteiger partial charge in [0.1, 0.15) is 6.61 Å². The zero-order valence-corrected chi connectivity index (χ0v) is 24.7. The van der Waals surface area contributed by atoms with E-state index in [2.05, 4.69) is 43.4 Å². The Morgan fingerprint density at radius 1 is 0.927 bits per heavy atom. The highest BCUT2D eigenvalue weighted by molar-refractivity contribution is 8.16. The third-order valence-corrected chi connectivity index (χ3v) is 8.26. The molecule has 0 saturated carbocycles. The van der Waals surface area contributed by atoms with Crippen LogP contribution < -0.4 is 5.32 Å². The molecule has 0 radical (unpaired) electrons. The van der Waals surface area contributed by atoms with Crippen molar-refractivity contribution in [3.8, 4) is 0 Å². The molecule has 2 atom stereocenters. The summed E-state index contributed by atoms with van der Waals surface area (Å²) in [5.74, 6) is -0.124. The number of nitrogens with one attached hydrogen (secondary N) is 1. The van der Waals surface area contributed by atoms with Gasteiger partial charge in [0, 0.05) is 5.70 Å². The lowest BCUT2D eigenvalue weighted by atomic mass is 9.92. The van der Waals surface area contributed by atoms with Gasteiger partial charge >= 0.3 is 5.97 Å². The Morgan fingerprint density at radius 2 is 1.59 bits per heavy atom. The maximum Gasteiger partial charge on any atom is 0.338 e. The maximum atomic E-state index is 13.7. The Hall–Kier alpha value is -4.10. The van der Waals surface area contributed by atoms with E-state index in [4.69, 9.17) is 9.73 Å². The number of ether oxygens (including phenoxy) is 1. The molecule has 2 unspecified atom stereocenters. The highest BCUT2D eigenvalue weighted by Crippen LogP contribution is 2.45. The van der Waals surface area contributed by atoms with Gasteiger partial charge in [0.2, 0.25) is 5.91 Å². The number of benzene rings is 3. The minimum Gasteiger partial charge on any atom is -0.457 e. The number of amidine groups is 1. The molecule has 2 aliphatic heterocycles. The van der Waals surface area contributed by atoms with E-state index in [0.717, 1.165) is 27.6 Å². The number of nitrogens with zero attached hydrogens (tertiary/aromatic N) is 2. The van der Waals surface area contributed by atoms with Gasteiger partial charge in [0.25, 0.3) is 0 Å². The predicted molar refractivity (Wildman–Crippen MR) is 165 cm³/mol. The van der Waals surface area contributed by atoms with Crippen LogP contribution >= 0.6 is 11.8 Å². The highest BCUT2D eigenvalue weighted by Gasteiger charge is 2.41. The van der Waals surface area contributed by atoms with E-state index >= 15 is 0 Å². The van der Waals surface area contributed by atoms with Crippen molar-refractivity contribution < 1.29 is 14.3 Å². The summed E-state index contributed by atoms with van der Waals surface area (Å²) in [4.78, 5) is 33.7. The number of carbonyl (C=O) groups is 2. The molecule has 0 fully saturated rings. The Labute approximate surface area is 246 Å². The molecule has 210 valence electrons. The number of allylic oxidation sites excluding steroid dienone is 1. The number of rotatable bonds is 9. The summed E-state index contributed by atoms with van der Waals surface area (Å²) in [6.45, 7) is 8.31. The predicted octanol–water partition coefficient (Wildman–Crippen LogP) is 7.40. The molecule has 3 aromatic rings. The normalized spacial score (nSPS) is 17.1. The summed E-state index contributed by atoms with van der Waals surface area (Å²) in [5, 5.41) is 5.83. The van der Waals surface area contributed by atoms with Crippen molar-refractivity contribution in [1.29, 1.82) is 0 Å². The lowest BCUT2D eigenvalue weighted by molar-refractivity contribution is -0.141. The van der Waals surface area contributed by atoms with Crippen molar-refractivity contribution in [2.24, 2.45) is 4.99 Å². The lowest BCUT2D eigenvalue weighted by Gasteiger charge is -2.36. The molecule has 41 heavy (non-hydrogen) atoms. The SMILES string of the molecule is CC1=C(C(=O)OCc2ccccc2)C(c2ccc(C(C)C)cc2)N2C(CC(=O)NC(C)c3ccccc3)=CSC2=N1. The van der Waals surface area contributed by atoms with Crippen LogP contribution in [0.15, 0.2) is 112 Å². The van der Waals surface area contributed by atoms with Gasteiger partial charge in [-0.3, -0.25) is 4.79 Å². The lowest BCUT2D eigenvalue weighted by Crippen LogP contribution is -2.38. The highest BCUT2D eigenvalue weighted by atomic mass is 32.2. The van der Waals surface area contributed by atoms with Crippen molar-refractivity contribution in [3.05, 3.63) is 130 Å². The molecule has 5 rings (SSSR count). The van der Waals surface area contributed by atoms with Gasteiger partial charge in [-0.1, -0.05) is 111 Å². The first kappa shape index (κ1) is 28.4. The van der Waals surface area contributed by atoms with Crippen LogP contribution in [0.4, 0.5) is 0 Å². The number of hydrogen-bond donors (Lipinski definition) is 1. The second kappa shape index (κ2) is 12.6. The zero-order chi connectivity index (χ0) is 28.9. The van der Waals surface area contributed by atoms with E-state index in [-0.39, 0.29) is 25.0 Å². The van der Waals surface area contributed by atoms with Crippen LogP contribution in [0.25, 0.3) is 0 Å². The van der Waals surface area contributed by atoms with E-state index in [1.165, 1.54) is 17.3 Å². The number of hydrogen-bond acceptors (Lipinski definition) is 6. The Balaban J connectivity index is 1.42. The van der Waals surface area contributed by atoms with Gasteiger partial charge in [0.15, 0.2) is 5.17 Å². The van der Waals surface area contributed by atoms with Gasteiger partial charge in [0.05, 0.1) is 29.8 Å². The fourth-order valence-corrected chi connectivity index (χ4v) is 6.06. The van der Waals surface area contributed by atoms with Crippen LogP contribution in [0.2, 0.25) is 0 Å². The van der Waals surface area contributed by atoms with Crippen molar-refractivity contribution in [2.45, 2.75) is 58.7 Å². The van der Waals surface area contributed by atoms with Crippen LogP contribution in [0.1, 0.15) is 74.4 Å². The second-order valence-electron chi connectivity index (χ2n) is 10.7. The summed E-state index contributed by atoms with van der Waals surface area (Å²) in [5.41, 5.74) is 6.02. The molecule has 0 aliphatic carbocycles. The van der Waals surface area contributed by atoms with Gasteiger partial charge < -0.3 is 15.0 Å². The van der Waals surface area contributed by atoms with E-state index < -0.39 is 12.0 Å². The smallest absolute Gasteiger partial charge is 0.338 e. The molecule has 2 aliphatic rings. The van der Waals surface area contributed by atoms with Gasteiger partial charge in [-0.15, -0.1) is 0 Å². The largest absolute Gasteiger partial charge is 0.457 e. The van der Waals surface area contributed by atoms with E-state index in [0.29, 0.717) is 17.2 Å². The number of fused-ring (bicyclic) bond motifs is 1. The molecule has 7 heteroatoms. The van der Waals surface area contributed by atoms with Crippen molar-refractivity contribution in [3.63, 3.8) is 0 Å². The number of carbonyl (C=O) groups excluding carboxylic acids is 2. The first-order chi connectivity index (χ1) is 19.8. The van der Waals surface area contributed by atoms with E-state index in [1.807, 2.05) is 84.8 Å². The molecule has 0 aromatic heterocycles. The molecule has 1 N–H and O–H groups in total. The second-order valence-corrected chi connectivity index (χ2v) is 11.5.